The van der Waals surface area contributed by atoms with Crippen LogP contribution in [0.25, 0.3) is 0 Å². The molecule has 2 N–H and O–H groups in total. The number of amides is 2. The fraction of sp³-hybridized carbons (Fsp3) is 0.263. The molecule has 0 bridgehead atoms. The molecule has 1 aromatic carbocycles. The van der Waals surface area contributed by atoms with Crippen molar-refractivity contribution in [1.82, 2.24) is 10.3 Å². The molecule has 1 aliphatic heterocycles. The molecule has 0 aliphatic carbocycles. The average molecular weight is 353 g/mol. The van der Waals surface area contributed by atoms with Crippen molar-refractivity contribution >= 4 is 23.5 Å². The molecule has 7 nitrogen and oxygen atoms in total. The quantitative estimate of drug-likeness (QED) is 0.773. The maximum atomic E-state index is 12.4. The van der Waals surface area contributed by atoms with Crippen molar-refractivity contribution in [3.8, 4) is 0 Å². The van der Waals surface area contributed by atoms with Crippen LogP contribution in [0.3, 0.4) is 0 Å². The van der Waals surface area contributed by atoms with Gasteiger partial charge in [0.15, 0.2) is 0 Å². The highest BCUT2D eigenvalue weighted by atomic mass is 16.4. The van der Waals surface area contributed by atoms with E-state index in [9.17, 15) is 14.4 Å². The van der Waals surface area contributed by atoms with Gasteiger partial charge in [0, 0.05) is 31.4 Å². The van der Waals surface area contributed by atoms with Crippen LogP contribution in [0.2, 0.25) is 0 Å². The molecule has 2 amide bonds. The number of fused-ring (bicyclic) bond motifs is 1. The zero-order valence-electron chi connectivity index (χ0n) is 14.1. The first-order valence-corrected chi connectivity index (χ1v) is 8.42. The van der Waals surface area contributed by atoms with Crippen LogP contribution in [0.15, 0.2) is 42.6 Å². The van der Waals surface area contributed by atoms with Gasteiger partial charge < -0.3 is 15.3 Å². The van der Waals surface area contributed by atoms with Gasteiger partial charge in [0.1, 0.15) is 5.69 Å². The Hall–Kier alpha value is -3.22. The fourth-order valence-corrected chi connectivity index (χ4v) is 2.95. The zero-order chi connectivity index (χ0) is 18.5. The van der Waals surface area contributed by atoms with Gasteiger partial charge in [-0.1, -0.05) is 18.2 Å². The first kappa shape index (κ1) is 17.6. The van der Waals surface area contributed by atoms with Crippen molar-refractivity contribution < 1.29 is 19.5 Å². The number of rotatable bonds is 6. The van der Waals surface area contributed by atoms with E-state index < -0.39 is 11.9 Å². The van der Waals surface area contributed by atoms with Gasteiger partial charge in [0.05, 0.1) is 5.56 Å². The third-order valence-corrected chi connectivity index (χ3v) is 4.28. The van der Waals surface area contributed by atoms with E-state index in [2.05, 4.69) is 10.3 Å². The second-order valence-electron chi connectivity index (χ2n) is 6.02. The average Bonchev–Trinajstić information content (AvgIpc) is 3.09. The van der Waals surface area contributed by atoms with E-state index >= 15 is 0 Å². The molecule has 1 aliphatic rings. The number of aromatic carboxylic acids is 1. The number of carbonyl (C=O) groups excluding carboxylic acids is 2. The molecule has 1 aromatic heterocycles. The van der Waals surface area contributed by atoms with E-state index in [1.165, 1.54) is 23.9 Å². The summed E-state index contributed by atoms with van der Waals surface area (Å²) < 4.78 is 0. The standard InChI is InChI=1S/C19H19N3O4/c23-17(22-11-8-13-4-1-2-5-16(13)22)6-3-9-21-18(24)15-12-14(19(25)26)7-10-20-15/h1-2,4-5,7,10,12H,3,6,8-9,11H2,(H,21,24)(H,25,26). The van der Waals surface area contributed by atoms with Gasteiger partial charge in [-0.15, -0.1) is 0 Å². The van der Waals surface area contributed by atoms with Crippen molar-refractivity contribution in [2.24, 2.45) is 0 Å². The van der Waals surface area contributed by atoms with Gasteiger partial charge in [0.2, 0.25) is 5.91 Å². The first-order valence-electron chi connectivity index (χ1n) is 8.42. The third kappa shape index (κ3) is 3.88. The Morgan fingerprint density at radius 3 is 2.81 bits per heavy atom. The number of anilines is 1. The number of carboxylic acid groups (broad SMARTS) is 1. The molecule has 0 spiro atoms. The molecule has 0 saturated carbocycles. The second-order valence-corrected chi connectivity index (χ2v) is 6.02. The number of benzene rings is 1. The van der Waals surface area contributed by atoms with Crippen molar-refractivity contribution in [3.05, 3.63) is 59.4 Å². The highest BCUT2D eigenvalue weighted by molar-refractivity contribution is 5.96. The van der Waals surface area contributed by atoms with Gasteiger partial charge in [-0.3, -0.25) is 14.6 Å². The summed E-state index contributed by atoms with van der Waals surface area (Å²) >= 11 is 0. The first-order chi connectivity index (χ1) is 12.6. The van der Waals surface area contributed by atoms with Crippen molar-refractivity contribution in [1.29, 1.82) is 0 Å². The topological polar surface area (TPSA) is 99.6 Å². The number of carboxylic acids is 1. The van der Waals surface area contributed by atoms with Crippen LogP contribution in [0.1, 0.15) is 39.3 Å². The summed E-state index contributed by atoms with van der Waals surface area (Å²) in [5, 5.41) is 11.6. The summed E-state index contributed by atoms with van der Waals surface area (Å²) in [4.78, 5) is 41.0. The molecule has 26 heavy (non-hydrogen) atoms. The minimum Gasteiger partial charge on any atom is -0.478 e. The van der Waals surface area contributed by atoms with Crippen molar-refractivity contribution in [2.45, 2.75) is 19.3 Å². The molecule has 0 unspecified atom stereocenters. The summed E-state index contributed by atoms with van der Waals surface area (Å²) in [7, 11) is 0. The summed E-state index contributed by atoms with van der Waals surface area (Å²) in [6, 6.07) is 10.4. The number of pyridine rings is 1. The lowest BCUT2D eigenvalue weighted by Crippen LogP contribution is -2.30. The Balaban J connectivity index is 1.47. The molecule has 134 valence electrons. The van der Waals surface area contributed by atoms with E-state index in [0.717, 1.165) is 12.1 Å². The predicted molar refractivity (Wildman–Crippen MR) is 95.3 cm³/mol. The number of carbonyl (C=O) groups is 3. The number of nitrogens with zero attached hydrogens (tertiary/aromatic N) is 2. The second kappa shape index (κ2) is 7.77. The number of hydrogen-bond donors (Lipinski definition) is 2. The van der Waals surface area contributed by atoms with Gasteiger partial charge >= 0.3 is 5.97 Å². The minimum atomic E-state index is -1.11. The van der Waals surface area contributed by atoms with Gasteiger partial charge in [-0.25, -0.2) is 4.79 Å². The summed E-state index contributed by atoms with van der Waals surface area (Å²) in [5.41, 5.74) is 2.20. The highest BCUT2D eigenvalue weighted by Gasteiger charge is 2.23. The van der Waals surface area contributed by atoms with Crippen LogP contribution in [-0.2, 0) is 11.2 Å². The van der Waals surface area contributed by atoms with Crippen LogP contribution in [0, 0.1) is 0 Å². The van der Waals surface area contributed by atoms with Crippen LogP contribution in [0.4, 0.5) is 5.69 Å². The smallest absolute Gasteiger partial charge is 0.335 e. The largest absolute Gasteiger partial charge is 0.478 e. The van der Waals surface area contributed by atoms with Crippen LogP contribution in [0.5, 0.6) is 0 Å². The number of para-hydroxylation sites is 1. The molecule has 0 radical (unpaired) electrons. The number of hydrogen-bond acceptors (Lipinski definition) is 4. The predicted octanol–water partition coefficient (Wildman–Crippen LogP) is 1.88. The monoisotopic (exact) mass is 353 g/mol. The summed E-state index contributed by atoms with van der Waals surface area (Å²) in [6.45, 7) is 1.01. The van der Waals surface area contributed by atoms with E-state index in [-0.39, 0.29) is 17.2 Å². The van der Waals surface area contributed by atoms with Crippen LogP contribution in [-0.4, -0.2) is 41.0 Å². The lowest BCUT2D eigenvalue weighted by atomic mass is 10.2. The van der Waals surface area contributed by atoms with Crippen molar-refractivity contribution in [3.63, 3.8) is 0 Å². The molecule has 2 heterocycles. The number of nitrogens with one attached hydrogen (secondary N) is 1. The highest BCUT2D eigenvalue weighted by Crippen LogP contribution is 2.27. The summed E-state index contributed by atoms with van der Waals surface area (Å²) in [5.74, 6) is -1.53. The Labute approximate surface area is 150 Å². The molecule has 0 fully saturated rings. The molecule has 2 aromatic rings. The Morgan fingerprint density at radius 1 is 1.19 bits per heavy atom. The maximum absolute atomic E-state index is 12.4. The Kier molecular flexibility index (Phi) is 5.26. The molecule has 0 atom stereocenters. The Morgan fingerprint density at radius 2 is 2.00 bits per heavy atom. The normalized spacial score (nSPS) is 12.5. The van der Waals surface area contributed by atoms with E-state index in [4.69, 9.17) is 5.11 Å². The van der Waals surface area contributed by atoms with E-state index in [1.807, 2.05) is 24.3 Å². The lowest BCUT2D eigenvalue weighted by molar-refractivity contribution is -0.118. The fourth-order valence-electron chi connectivity index (χ4n) is 2.95. The summed E-state index contributed by atoms with van der Waals surface area (Å²) in [6.07, 6.45) is 2.98. The van der Waals surface area contributed by atoms with Crippen LogP contribution < -0.4 is 10.2 Å². The van der Waals surface area contributed by atoms with Gasteiger partial charge in [-0.05, 0) is 36.6 Å². The maximum Gasteiger partial charge on any atom is 0.335 e. The van der Waals surface area contributed by atoms with E-state index in [0.29, 0.717) is 25.9 Å². The van der Waals surface area contributed by atoms with E-state index in [1.54, 1.807) is 4.90 Å². The molecule has 0 saturated heterocycles. The van der Waals surface area contributed by atoms with Gasteiger partial charge in [0.25, 0.3) is 5.91 Å². The third-order valence-electron chi connectivity index (χ3n) is 4.28. The molecule has 7 heteroatoms. The number of aromatic nitrogens is 1. The lowest BCUT2D eigenvalue weighted by Gasteiger charge is -2.17. The zero-order valence-corrected chi connectivity index (χ0v) is 14.1. The van der Waals surface area contributed by atoms with Gasteiger partial charge in [-0.2, -0.15) is 0 Å². The Bertz CT molecular complexity index is 850. The van der Waals surface area contributed by atoms with Crippen molar-refractivity contribution in [2.75, 3.05) is 18.0 Å². The SMILES string of the molecule is O=C(O)c1ccnc(C(=O)NCCCC(=O)N2CCc3ccccc32)c1. The molecule has 3 rings (SSSR count). The minimum absolute atomic E-state index is 0.00743. The van der Waals surface area contributed by atoms with Crippen LogP contribution >= 0.6 is 0 Å². The molecular weight excluding hydrogens is 334 g/mol. The molecular formula is C19H19N3O4.